The summed E-state index contributed by atoms with van der Waals surface area (Å²) in [5, 5.41) is 8.58. The van der Waals surface area contributed by atoms with Crippen molar-refractivity contribution in [2.45, 2.75) is 0 Å². The van der Waals surface area contributed by atoms with Gasteiger partial charge in [-0.2, -0.15) is 0 Å². The zero-order chi connectivity index (χ0) is 9.02. The molecule has 11 heavy (non-hydrogen) atoms. The van der Waals surface area contributed by atoms with E-state index in [0.717, 1.165) is 14.2 Å². The van der Waals surface area contributed by atoms with Crippen LogP contribution in [0.1, 0.15) is 0 Å². The van der Waals surface area contributed by atoms with Gasteiger partial charge in [-0.15, -0.1) is 0 Å². The molecule has 0 spiro atoms. The second-order valence-corrected chi connectivity index (χ2v) is 1.62. The van der Waals surface area contributed by atoms with Crippen LogP contribution in [0.2, 0.25) is 0 Å². The summed E-state index contributed by atoms with van der Waals surface area (Å²) in [7, 11) is 2.29. The van der Waals surface area contributed by atoms with E-state index in [1.54, 1.807) is 0 Å². The Kier molecular flexibility index (Phi) is 3.19. The molecule has 0 aliphatic rings. The first-order chi connectivity index (χ1) is 5.00. The highest BCUT2D eigenvalue weighted by molar-refractivity contribution is 6.60. The highest BCUT2D eigenvalue weighted by atomic mass is 16.7. The Balaban J connectivity index is 4.26. The lowest BCUT2D eigenvalue weighted by Crippen LogP contribution is -2.36. The monoisotopic (exact) mass is 161 g/mol. The number of nitrogens with zero attached hydrogens (tertiary/aromatic N) is 1. The van der Waals surface area contributed by atoms with Crippen LogP contribution in [0, 0.1) is 0 Å². The number of ketones is 1. The molecule has 0 aromatic rings. The molecule has 6 nitrogen and oxygen atoms in total. The lowest BCUT2D eigenvalue weighted by molar-refractivity contribution is -0.176. The zero-order valence-electron chi connectivity index (χ0n) is 6.03. The number of likely N-dealkylation sites (N-methyl/N-ethyl adjacent to an activating group) is 1. The average molecular weight is 161 g/mol. The van der Waals surface area contributed by atoms with Gasteiger partial charge in [-0.3, -0.25) is 14.4 Å². The second kappa shape index (κ2) is 3.67. The third-order valence-electron chi connectivity index (χ3n) is 0.948. The largest absolute Gasteiger partial charge is 0.475 e. The van der Waals surface area contributed by atoms with Crippen molar-refractivity contribution in [2.75, 3.05) is 14.2 Å². The van der Waals surface area contributed by atoms with Gasteiger partial charge in [0, 0.05) is 7.05 Å². The Morgan fingerprint density at radius 1 is 1.36 bits per heavy atom. The quantitative estimate of drug-likeness (QED) is 0.314. The minimum absolute atomic E-state index is 0.538. The number of hydrogen-bond acceptors (Lipinski definition) is 4. The number of aliphatic carboxylic acids is 1. The molecule has 0 aliphatic carbocycles. The molecule has 6 heteroatoms. The predicted octanol–water partition coefficient (Wildman–Crippen LogP) is -1.34. The summed E-state index contributed by atoms with van der Waals surface area (Å²) in [6.45, 7) is 0. The van der Waals surface area contributed by atoms with Gasteiger partial charge in [0.25, 0.3) is 0 Å². The number of rotatable bonds is 3. The third-order valence-corrected chi connectivity index (χ3v) is 0.948. The van der Waals surface area contributed by atoms with Gasteiger partial charge in [-0.05, 0) is 0 Å². The molecule has 0 aromatic carbocycles. The number of hydroxylamine groups is 2. The fraction of sp³-hybridized carbons (Fsp3) is 0.400. The normalized spacial score (nSPS) is 8.91. The van der Waals surface area contributed by atoms with Crippen LogP contribution in [0.25, 0.3) is 0 Å². The Bertz CT molecular complexity index is 199. The average Bonchev–Trinajstić information content (AvgIpc) is 2.00. The van der Waals surface area contributed by atoms with Crippen LogP contribution in [-0.4, -0.2) is 42.0 Å². The molecule has 1 amide bonds. The van der Waals surface area contributed by atoms with E-state index in [1.165, 1.54) is 0 Å². The maximum absolute atomic E-state index is 10.6. The molecule has 1 N–H and O–H groups in total. The molecule has 0 fully saturated rings. The molecule has 0 rings (SSSR count). The van der Waals surface area contributed by atoms with Gasteiger partial charge >= 0.3 is 17.7 Å². The highest BCUT2D eigenvalue weighted by Crippen LogP contribution is 1.85. The Morgan fingerprint density at radius 2 is 1.82 bits per heavy atom. The SMILES string of the molecule is CON(C)C(=O)C(=O)C(=O)O. The topological polar surface area (TPSA) is 83.9 Å². The van der Waals surface area contributed by atoms with Crippen LogP contribution in [0.5, 0.6) is 0 Å². The van der Waals surface area contributed by atoms with E-state index in [2.05, 4.69) is 4.84 Å². The van der Waals surface area contributed by atoms with Gasteiger partial charge in [0.1, 0.15) is 0 Å². The Morgan fingerprint density at radius 3 is 2.09 bits per heavy atom. The number of carbonyl (C=O) groups excluding carboxylic acids is 2. The molecular weight excluding hydrogens is 154 g/mol. The maximum Gasteiger partial charge on any atom is 0.382 e. The van der Waals surface area contributed by atoms with E-state index in [1.807, 2.05) is 0 Å². The lowest BCUT2D eigenvalue weighted by Gasteiger charge is -2.09. The summed E-state index contributed by atoms with van der Waals surface area (Å²) in [4.78, 5) is 35.1. The van der Waals surface area contributed by atoms with Crippen LogP contribution < -0.4 is 0 Å². The highest BCUT2D eigenvalue weighted by Gasteiger charge is 2.25. The predicted molar refractivity (Wildman–Crippen MR) is 32.4 cm³/mol. The molecule has 0 aromatic heterocycles. The zero-order valence-corrected chi connectivity index (χ0v) is 6.03. The van der Waals surface area contributed by atoms with Gasteiger partial charge < -0.3 is 5.11 Å². The summed E-state index contributed by atoms with van der Waals surface area (Å²) in [6.07, 6.45) is 0. The molecule has 62 valence electrons. The first kappa shape index (κ1) is 9.57. The fourth-order valence-corrected chi connectivity index (χ4v) is 0.317. The second-order valence-electron chi connectivity index (χ2n) is 1.62. The lowest BCUT2D eigenvalue weighted by atomic mass is 10.4. The van der Waals surface area contributed by atoms with Gasteiger partial charge in [0.05, 0.1) is 7.11 Å². The van der Waals surface area contributed by atoms with Gasteiger partial charge in [0.2, 0.25) is 0 Å². The third kappa shape index (κ3) is 2.34. The van der Waals surface area contributed by atoms with Crippen LogP contribution in [0.4, 0.5) is 0 Å². The van der Waals surface area contributed by atoms with E-state index in [-0.39, 0.29) is 0 Å². The van der Waals surface area contributed by atoms with Gasteiger partial charge in [-0.1, -0.05) is 0 Å². The van der Waals surface area contributed by atoms with E-state index >= 15 is 0 Å². The van der Waals surface area contributed by atoms with Crippen molar-refractivity contribution < 1.29 is 24.3 Å². The van der Waals surface area contributed by atoms with Crippen molar-refractivity contribution in [1.82, 2.24) is 5.06 Å². The Hall–Kier alpha value is -1.43. The van der Waals surface area contributed by atoms with Gasteiger partial charge in [0.15, 0.2) is 0 Å². The minimum atomic E-state index is -1.79. The molecule has 0 atom stereocenters. The summed E-state index contributed by atoms with van der Waals surface area (Å²) in [5.41, 5.74) is 0. The van der Waals surface area contributed by atoms with Crippen molar-refractivity contribution in [2.24, 2.45) is 0 Å². The van der Waals surface area contributed by atoms with Crippen molar-refractivity contribution >= 4 is 17.7 Å². The number of amides is 1. The standard InChI is InChI=1S/C5H7NO5/c1-6(11-2)4(8)3(7)5(9)10/h1-2H3,(H,9,10). The minimum Gasteiger partial charge on any atom is -0.475 e. The van der Waals surface area contributed by atoms with Crippen molar-refractivity contribution in [3.63, 3.8) is 0 Å². The van der Waals surface area contributed by atoms with E-state index < -0.39 is 17.7 Å². The van der Waals surface area contributed by atoms with Crippen molar-refractivity contribution in [3.8, 4) is 0 Å². The molecule has 0 saturated heterocycles. The van der Waals surface area contributed by atoms with Crippen LogP contribution in [-0.2, 0) is 19.2 Å². The van der Waals surface area contributed by atoms with E-state index in [0.29, 0.717) is 5.06 Å². The number of hydrogen-bond donors (Lipinski definition) is 1. The molecule has 0 saturated carbocycles. The van der Waals surface area contributed by atoms with E-state index in [9.17, 15) is 14.4 Å². The molecule has 0 unspecified atom stereocenters. The van der Waals surface area contributed by atoms with Crippen molar-refractivity contribution in [3.05, 3.63) is 0 Å². The fourth-order valence-electron chi connectivity index (χ4n) is 0.317. The molecule has 0 heterocycles. The molecule has 0 aliphatic heterocycles. The summed E-state index contributed by atoms with van der Waals surface area (Å²) in [5.74, 6) is -4.52. The van der Waals surface area contributed by atoms with Crippen LogP contribution in [0.3, 0.4) is 0 Å². The molecule has 0 radical (unpaired) electrons. The number of carboxylic acids is 1. The smallest absolute Gasteiger partial charge is 0.382 e. The Labute approximate surface area is 62.3 Å². The molecular formula is C5H7NO5. The summed E-state index contributed by atoms with van der Waals surface area (Å²) < 4.78 is 0. The summed E-state index contributed by atoms with van der Waals surface area (Å²) >= 11 is 0. The first-order valence-electron chi connectivity index (χ1n) is 2.60. The summed E-state index contributed by atoms with van der Waals surface area (Å²) in [6, 6.07) is 0. The van der Waals surface area contributed by atoms with E-state index in [4.69, 9.17) is 5.11 Å². The van der Waals surface area contributed by atoms with Crippen LogP contribution in [0.15, 0.2) is 0 Å². The number of carbonyl (C=O) groups is 3. The first-order valence-corrected chi connectivity index (χ1v) is 2.60. The maximum atomic E-state index is 10.6. The van der Waals surface area contributed by atoms with Crippen LogP contribution >= 0.6 is 0 Å². The molecule has 0 bridgehead atoms. The van der Waals surface area contributed by atoms with Gasteiger partial charge in [-0.25, -0.2) is 9.86 Å². The number of carboxylic acid groups (broad SMARTS) is 1. The van der Waals surface area contributed by atoms with Crippen molar-refractivity contribution in [1.29, 1.82) is 0 Å². The number of Topliss-reactive ketones (excluding diaryl/α,β-unsaturated/α-hetero) is 1.